The maximum absolute atomic E-state index is 12.9. The standard InChI is InChI=1S/C23H32F4O2/c1-2-3-4-5-6-7-17-8-12-19(13-9-17)21(28)16-18-10-14-20(15-11-18)29-23(26,27)22(24)25/h10-11,14-15,17,19,22H,2-9,12-13,16H2,1H3. The highest BCUT2D eigenvalue weighted by Crippen LogP contribution is 2.33. The van der Waals surface area contributed by atoms with Gasteiger partial charge in [-0.1, -0.05) is 57.6 Å². The maximum atomic E-state index is 12.9. The molecule has 0 unspecified atom stereocenters. The van der Waals surface area contributed by atoms with E-state index in [4.69, 9.17) is 0 Å². The van der Waals surface area contributed by atoms with Gasteiger partial charge in [-0.2, -0.15) is 17.6 Å². The first kappa shape index (κ1) is 23.7. The SMILES string of the molecule is CCCCCCCC1CCC(C(=O)Cc2ccc(OC(F)(F)C(F)F)cc2)CC1. The van der Waals surface area contributed by atoms with Crippen LogP contribution in [0, 0.1) is 11.8 Å². The predicted octanol–water partition coefficient (Wildman–Crippen LogP) is 7.20. The molecule has 0 radical (unpaired) electrons. The summed E-state index contributed by atoms with van der Waals surface area (Å²) in [4.78, 5) is 12.6. The number of unbranched alkanes of at least 4 members (excludes halogenated alkanes) is 4. The number of carbonyl (C=O) groups is 1. The van der Waals surface area contributed by atoms with Crippen LogP contribution in [0.3, 0.4) is 0 Å². The van der Waals surface area contributed by atoms with Crippen molar-refractivity contribution >= 4 is 5.78 Å². The third kappa shape index (κ3) is 7.98. The van der Waals surface area contributed by atoms with Gasteiger partial charge in [-0.25, -0.2) is 0 Å². The molecule has 164 valence electrons. The third-order valence-electron chi connectivity index (χ3n) is 5.83. The molecule has 0 atom stereocenters. The van der Waals surface area contributed by atoms with Crippen molar-refractivity contribution in [3.63, 3.8) is 0 Å². The summed E-state index contributed by atoms with van der Waals surface area (Å²) in [5.74, 6) is 0.614. The number of halogens is 4. The fourth-order valence-electron chi connectivity index (χ4n) is 4.03. The molecule has 0 bridgehead atoms. The minimum atomic E-state index is -4.52. The number of benzene rings is 1. The smallest absolute Gasteiger partial charge is 0.428 e. The molecule has 2 nitrogen and oxygen atoms in total. The van der Waals surface area contributed by atoms with Crippen LogP contribution < -0.4 is 4.74 Å². The highest BCUT2D eigenvalue weighted by Gasteiger charge is 2.43. The van der Waals surface area contributed by atoms with E-state index in [1.165, 1.54) is 62.8 Å². The summed E-state index contributed by atoms with van der Waals surface area (Å²) in [6.45, 7) is 2.21. The molecule has 0 amide bonds. The lowest BCUT2D eigenvalue weighted by atomic mass is 9.77. The van der Waals surface area contributed by atoms with E-state index in [-0.39, 0.29) is 23.9 Å². The number of carbonyl (C=O) groups excluding carboxylic acids is 1. The number of rotatable bonds is 12. The molecule has 0 saturated heterocycles. The van der Waals surface area contributed by atoms with E-state index in [1.54, 1.807) is 0 Å². The Morgan fingerprint density at radius 3 is 2.24 bits per heavy atom. The zero-order valence-electron chi connectivity index (χ0n) is 17.1. The zero-order valence-corrected chi connectivity index (χ0v) is 17.1. The Labute approximate surface area is 171 Å². The van der Waals surface area contributed by atoms with Crippen molar-refractivity contribution in [2.45, 2.75) is 90.1 Å². The van der Waals surface area contributed by atoms with Gasteiger partial charge in [-0.15, -0.1) is 0 Å². The Morgan fingerprint density at radius 1 is 1.03 bits per heavy atom. The largest absolute Gasteiger partial charge is 0.461 e. The van der Waals surface area contributed by atoms with Crippen molar-refractivity contribution in [2.24, 2.45) is 11.8 Å². The Hall–Kier alpha value is -1.59. The second-order valence-electron chi connectivity index (χ2n) is 8.17. The second kappa shape index (κ2) is 11.6. The number of hydrogen-bond acceptors (Lipinski definition) is 2. The van der Waals surface area contributed by atoms with Gasteiger partial charge in [0.2, 0.25) is 0 Å². The summed E-state index contributed by atoms with van der Waals surface area (Å²) in [7, 11) is 0. The first-order chi connectivity index (χ1) is 13.8. The molecule has 0 heterocycles. The van der Waals surface area contributed by atoms with Crippen molar-refractivity contribution in [3.8, 4) is 5.75 Å². The second-order valence-corrected chi connectivity index (χ2v) is 8.17. The minimum Gasteiger partial charge on any atom is -0.428 e. The molecular weight excluding hydrogens is 384 g/mol. The predicted molar refractivity (Wildman–Crippen MR) is 106 cm³/mol. The summed E-state index contributed by atoms with van der Waals surface area (Å²) in [6.07, 6.45) is 3.56. The van der Waals surface area contributed by atoms with Gasteiger partial charge in [0.1, 0.15) is 11.5 Å². The van der Waals surface area contributed by atoms with Gasteiger partial charge in [0, 0.05) is 12.3 Å². The van der Waals surface area contributed by atoms with Crippen LogP contribution in [0.2, 0.25) is 0 Å². The molecule has 0 spiro atoms. The maximum Gasteiger partial charge on any atom is 0.461 e. The monoisotopic (exact) mass is 416 g/mol. The van der Waals surface area contributed by atoms with Crippen LogP contribution in [0.1, 0.15) is 76.7 Å². The number of Topliss-reactive ketones (excluding diaryl/α,β-unsaturated/α-hetero) is 1. The van der Waals surface area contributed by atoms with Gasteiger partial charge in [-0.05, 0) is 49.3 Å². The van der Waals surface area contributed by atoms with Crippen LogP contribution in [-0.4, -0.2) is 18.3 Å². The lowest BCUT2D eigenvalue weighted by Crippen LogP contribution is -2.33. The van der Waals surface area contributed by atoms with E-state index in [9.17, 15) is 22.4 Å². The van der Waals surface area contributed by atoms with Crippen molar-refractivity contribution < 1.29 is 27.1 Å². The highest BCUT2D eigenvalue weighted by molar-refractivity contribution is 5.83. The summed E-state index contributed by atoms with van der Waals surface area (Å²) in [5.41, 5.74) is 0.681. The topological polar surface area (TPSA) is 26.3 Å². The molecule has 1 saturated carbocycles. The molecule has 2 rings (SSSR count). The molecule has 1 fully saturated rings. The Kier molecular flexibility index (Phi) is 9.44. The van der Waals surface area contributed by atoms with Gasteiger partial charge >= 0.3 is 12.5 Å². The molecule has 0 N–H and O–H groups in total. The number of alkyl halides is 4. The fourth-order valence-corrected chi connectivity index (χ4v) is 4.03. The van der Waals surface area contributed by atoms with E-state index in [0.29, 0.717) is 5.56 Å². The Balaban J connectivity index is 1.73. The van der Waals surface area contributed by atoms with Gasteiger partial charge < -0.3 is 4.74 Å². The molecule has 1 aliphatic carbocycles. The van der Waals surface area contributed by atoms with E-state index in [0.717, 1.165) is 31.6 Å². The molecule has 6 heteroatoms. The van der Waals surface area contributed by atoms with Crippen LogP contribution in [0.5, 0.6) is 5.75 Å². The summed E-state index contributed by atoms with van der Waals surface area (Å²) >= 11 is 0. The van der Waals surface area contributed by atoms with Crippen LogP contribution in [0.25, 0.3) is 0 Å². The van der Waals surface area contributed by atoms with Crippen LogP contribution >= 0.6 is 0 Å². The van der Waals surface area contributed by atoms with E-state index in [2.05, 4.69) is 11.7 Å². The fraction of sp³-hybridized carbons (Fsp3) is 0.696. The normalized spacial score (nSPS) is 20.1. The molecule has 29 heavy (non-hydrogen) atoms. The van der Waals surface area contributed by atoms with E-state index >= 15 is 0 Å². The van der Waals surface area contributed by atoms with Crippen LogP contribution in [-0.2, 0) is 11.2 Å². The molecule has 1 aromatic rings. The van der Waals surface area contributed by atoms with E-state index in [1.807, 2.05) is 0 Å². The average molecular weight is 416 g/mol. The van der Waals surface area contributed by atoms with Gasteiger partial charge in [0.15, 0.2) is 0 Å². The van der Waals surface area contributed by atoms with Crippen molar-refractivity contribution in [3.05, 3.63) is 29.8 Å². The number of ether oxygens (including phenoxy) is 1. The first-order valence-corrected chi connectivity index (χ1v) is 10.8. The van der Waals surface area contributed by atoms with Crippen molar-refractivity contribution in [1.82, 2.24) is 0 Å². The average Bonchev–Trinajstić information content (AvgIpc) is 2.69. The quantitative estimate of drug-likeness (QED) is 0.266. The van der Waals surface area contributed by atoms with Crippen molar-refractivity contribution in [2.75, 3.05) is 0 Å². The molecule has 1 aromatic carbocycles. The van der Waals surface area contributed by atoms with Gasteiger partial charge in [-0.3, -0.25) is 4.79 Å². The van der Waals surface area contributed by atoms with Gasteiger partial charge in [0.25, 0.3) is 0 Å². The Bertz CT molecular complexity index is 608. The molecule has 0 aromatic heterocycles. The first-order valence-electron chi connectivity index (χ1n) is 10.8. The van der Waals surface area contributed by atoms with Gasteiger partial charge in [0.05, 0.1) is 0 Å². The highest BCUT2D eigenvalue weighted by atomic mass is 19.3. The molecular formula is C23H32F4O2. The molecule has 0 aliphatic heterocycles. The summed E-state index contributed by atoms with van der Waals surface area (Å²) in [6, 6.07) is 5.37. The summed E-state index contributed by atoms with van der Waals surface area (Å²) < 4.78 is 54.2. The summed E-state index contributed by atoms with van der Waals surface area (Å²) in [5, 5.41) is 0. The Morgan fingerprint density at radius 2 is 1.66 bits per heavy atom. The lowest BCUT2D eigenvalue weighted by molar-refractivity contribution is -0.253. The van der Waals surface area contributed by atoms with Crippen LogP contribution in [0.15, 0.2) is 24.3 Å². The lowest BCUT2D eigenvalue weighted by Gasteiger charge is -2.27. The van der Waals surface area contributed by atoms with Crippen molar-refractivity contribution in [1.29, 1.82) is 0 Å². The number of ketones is 1. The zero-order chi connectivity index (χ0) is 21.3. The minimum absolute atomic E-state index is 0.0606. The molecule has 1 aliphatic rings. The van der Waals surface area contributed by atoms with E-state index < -0.39 is 12.5 Å². The number of hydrogen-bond donors (Lipinski definition) is 0. The van der Waals surface area contributed by atoms with Crippen LogP contribution in [0.4, 0.5) is 17.6 Å². The third-order valence-corrected chi connectivity index (χ3v) is 5.83.